The van der Waals surface area contributed by atoms with Gasteiger partial charge in [0.05, 0.1) is 5.69 Å². The van der Waals surface area contributed by atoms with Gasteiger partial charge in [0.25, 0.3) is 0 Å². The number of hydrogen-bond donors (Lipinski definition) is 1. The highest BCUT2D eigenvalue weighted by molar-refractivity contribution is 5.87. The molecule has 0 aromatic carbocycles. The normalized spacial score (nSPS) is 23.5. The second-order valence-electron chi connectivity index (χ2n) is 5.56. The number of hydrogen-bond acceptors (Lipinski definition) is 3. The van der Waals surface area contributed by atoms with E-state index in [0.29, 0.717) is 11.6 Å². The Kier molecular flexibility index (Phi) is 3.31. The number of aromatic nitrogens is 2. The predicted molar refractivity (Wildman–Crippen MR) is 71.6 cm³/mol. The third kappa shape index (κ3) is 2.16. The lowest BCUT2D eigenvalue weighted by atomic mass is 10.1. The molecule has 1 fully saturated rings. The summed E-state index contributed by atoms with van der Waals surface area (Å²) >= 11 is 0. The van der Waals surface area contributed by atoms with Crippen molar-refractivity contribution < 1.29 is 9.90 Å². The van der Waals surface area contributed by atoms with E-state index < -0.39 is 5.97 Å². The molecule has 1 atom stereocenters. The number of likely N-dealkylation sites (tertiary alicyclic amines) is 1. The lowest BCUT2D eigenvalue weighted by Crippen LogP contribution is -2.21. The van der Waals surface area contributed by atoms with Gasteiger partial charge in [-0.05, 0) is 38.8 Å². The molecule has 0 bridgehead atoms. The Morgan fingerprint density at radius 3 is 2.95 bits per heavy atom. The van der Waals surface area contributed by atoms with Gasteiger partial charge < -0.3 is 14.6 Å². The van der Waals surface area contributed by atoms with E-state index in [2.05, 4.69) is 21.4 Å². The maximum atomic E-state index is 11.3. The number of carboxylic acids is 1. The minimum Gasteiger partial charge on any atom is -0.476 e. The lowest BCUT2D eigenvalue weighted by molar-refractivity contribution is 0.0689. The van der Waals surface area contributed by atoms with Crippen molar-refractivity contribution in [2.45, 2.75) is 45.1 Å². The van der Waals surface area contributed by atoms with E-state index >= 15 is 0 Å². The minimum absolute atomic E-state index is 0.296. The van der Waals surface area contributed by atoms with Crippen molar-refractivity contribution in [3.63, 3.8) is 0 Å². The van der Waals surface area contributed by atoms with Crippen molar-refractivity contribution in [1.29, 1.82) is 0 Å². The molecule has 5 heteroatoms. The molecular weight excluding hydrogens is 242 g/mol. The first-order valence-electron chi connectivity index (χ1n) is 7.25. The minimum atomic E-state index is -0.873. The lowest BCUT2D eigenvalue weighted by Gasteiger charge is -2.19. The van der Waals surface area contributed by atoms with Gasteiger partial charge >= 0.3 is 5.97 Å². The number of carbonyl (C=O) groups is 1. The number of likely N-dealkylation sites (N-methyl/N-ethyl adjacent to an activating group) is 1. The quantitative estimate of drug-likeness (QED) is 0.902. The molecule has 3 rings (SSSR count). The Morgan fingerprint density at radius 2 is 2.26 bits per heavy atom. The third-order valence-electron chi connectivity index (χ3n) is 4.43. The molecule has 2 aliphatic rings. The molecule has 1 unspecified atom stereocenters. The van der Waals surface area contributed by atoms with Gasteiger partial charge in [-0.3, -0.25) is 0 Å². The summed E-state index contributed by atoms with van der Waals surface area (Å²) in [6, 6.07) is 0. The van der Waals surface area contributed by atoms with Gasteiger partial charge in [-0.25, -0.2) is 9.78 Å². The van der Waals surface area contributed by atoms with Gasteiger partial charge in [0.1, 0.15) is 5.82 Å². The molecule has 1 N–H and O–H groups in total. The fourth-order valence-corrected chi connectivity index (χ4v) is 3.38. The fraction of sp³-hybridized carbons (Fsp3) is 0.714. The second kappa shape index (κ2) is 4.96. The summed E-state index contributed by atoms with van der Waals surface area (Å²) in [4.78, 5) is 18.2. The van der Waals surface area contributed by atoms with E-state index in [1.807, 2.05) is 0 Å². The topological polar surface area (TPSA) is 58.4 Å². The number of imidazole rings is 1. The Morgan fingerprint density at radius 1 is 1.42 bits per heavy atom. The Balaban J connectivity index is 1.95. The zero-order chi connectivity index (χ0) is 13.4. The van der Waals surface area contributed by atoms with E-state index in [1.54, 1.807) is 0 Å². The standard InChI is InChI=1S/C14H21N3O2/c1-2-16-8-6-10(9-16)13-15-12(14(18)19)11-5-3-4-7-17(11)13/h10H,2-9H2,1H3,(H,18,19). The van der Waals surface area contributed by atoms with Crippen LogP contribution in [-0.4, -0.2) is 45.2 Å². The summed E-state index contributed by atoms with van der Waals surface area (Å²) in [6.07, 6.45) is 4.18. The van der Waals surface area contributed by atoms with Crippen molar-refractivity contribution in [3.8, 4) is 0 Å². The molecule has 5 nitrogen and oxygen atoms in total. The molecule has 104 valence electrons. The summed E-state index contributed by atoms with van der Waals surface area (Å²) < 4.78 is 2.19. The summed E-state index contributed by atoms with van der Waals surface area (Å²) in [5.74, 6) is 0.551. The van der Waals surface area contributed by atoms with Crippen LogP contribution in [0.5, 0.6) is 0 Å². The van der Waals surface area contributed by atoms with Crippen LogP contribution < -0.4 is 0 Å². The molecule has 1 aromatic rings. The van der Waals surface area contributed by atoms with Gasteiger partial charge in [0.15, 0.2) is 5.69 Å². The van der Waals surface area contributed by atoms with Crippen LogP contribution in [0.3, 0.4) is 0 Å². The molecule has 0 saturated carbocycles. The number of rotatable bonds is 3. The summed E-state index contributed by atoms with van der Waals surface area (Å²) in [7, 11) is 0. The Hall–Kier alpha value is -1.36. The van der Waals surface area contributed by atoms with E-state index in [1.165, 1.54) is 0 Å². The van der Waals surface area contributed by atoms with E-state index in [-0.39, 0.29) is 0 Å². The molecule has 3 heterocycles. The van der Waals surface area contributed by atoms with Crippen LogP contribution in [0.15, 0.2) is 0 Å². The first-order chi connectivity index (χ1) is 9.20. The highest BCUT2D eigenvalue weighted by atomic mass is 16.4. The van der Waals surface area contributed by atoms with Crippen molar-refractivity contribution in [2.75, 3.05) is 19.6 Å². The van der Waals surface area contributed by atoms with Crippen LogP contribution >= 0.6 is 0 Å². The largest absolute Gasteiger partial charge is 0.476 e. The number of carboxylic acid groups (broad SMARTS) is 1. The van der Waals surface area contributed by atoms with Gasteiger partial charge in [-0.2, -0.15) is 0 Å². The van der Waals surface area contributed by atoms with Gasteiger partial charge in [-0.1, -0.05) is 6.92 Å². The highest BCUT2D eigenvalue weighted by Crippen LogP contribution is 2.30. The zero-order valence-electron chi connectivity index (χ0n) is 11.4. The second-order valence-corrected chi connectivity index (χ2v) is 5.56. The fourth-order valence-electron chi connectivity index (χ4n) is 3.38. The molecule has 0 aliphatic carbocycles. The monoisotopic (exact) mass is 263 g/mol. The molecule has 0 radical (unpaired) electrons. The average Bonchev–Trinajstić information content (AvgIpc) is 3.02. The number of fused-ring (bicyclic) bond motifs is 1. The molecule has 0 spiro atoms. The average molecular weight is 263 g/mol. The SMILES string of the molecule is CCN1CCC(c2nc(C(=O)O)c3n2CCCC3)C1. The number of aromatic carboxylic acids is 1. The molecule has 2 aliphatic heterocycles. The van der Waals surface area contributed by atoms with E-state index in [9.17, 15) is 9.90 Å². The maximum Gasteiger partial charge on any atom is 0.356 e. The molecule has 0 amide bonds. The zero-order valence-corrected chi connectivity index (χ0v) is 11.4. The Labute approximate surface area is 113 Å². The summed E-state index contributed by atoms with van der Waals surface area (Å²) in [6.45, 7) is 6.30. The van der Waals surface area contributed by atoms with Gasteiger partial charge in [0.2, 0.25) is 0 Å². The number of nitrogens with zero attached hydrogens (tertiary/aromatic N) is 3. The molecule has 19 heavy (non-hydrogen) atoms. The predicted octanol–water partition coefficient (Wildman–Crippen LogP) is 1.73. The van der Waals surface area contributed by atoms with Crippen LogP contribution in [-0.2, 0) is 13.0 Å². The Bertz CT molecular complexity index is 495. The molecular formula is C14H21N3O2. The van der Waals surface area contributed by atoms with Crippen LogP contribution in [0, 0.1) is 0 Å². The third-order valence-corrected chi connectivity index (χ3v) is 4.43. The van der Waals surface area contributed by atoms with E-state index in [4.69, 9.17) is 0 Å². The van der Waals surface area contributed by atoms with Gasteiger partial charge in [0, 0.05) is 19.0 Å². The van der Waals surface area contributed by atoms with Crippen molar-refractivity contribution >= 4 is 5.97 Å². The smallest absolute Gasteiger partial charge is 0.356 e. The first kappa shape index (κ1) is 12.7. The summed E-state index contributed by atoms with van der Waals surface area (Å²) in [5.41, 5.74) is 1.24. The van der Waals surface area contributed by atoms with Crippen LogP contribution in [0.25, 0.3) is 0 Å². The van der Waals surface area contributed by atoms with Crippen molar-refractivity contribution in [1.82, 2.24) is 14.5 Å². The highest BCUT2D eigenvalue weighted by Gasteiger charge is 2.31. The van der Waals surface area contributed by atoms with Crippen LogP contribution in [0.1, 0.15) is 54.1 Å². The summed E-state index contributed by atoms with van der Waals surface area (Å²) in [5, 5.41) is 9.31. The van der Waals surface area contributed by atoms with E-state index in [0.717, 1.165) is 63.4 Å². The van der Waals surface area contributed by atoms with Crippen molar-refractivity contribution in [2.24, 2.45) is 0 Å². The van der Waals surface area contributed by atoms with Crippen LogP contribution in [0.4, 0.5) is 0 Å². The van der Waals surface area contributed by atoms with Gasteiger partial charge in [-0.15, -0.1) is 0 Å². The van der Waals surface area contributed by atoms with Crippen LogP contribution in [0.2, 0.25) is 0 Å². The molecule has 1 saturated heterocycles. The maximum absolute atomic E-state index is 11.3. The first-order valence-corrected chi connectivity index (χ1v) is 7.25. The van der Waals surface area contributed by atoms with Crippen molar-refractivity contribution in [3.05, 3.63) is 17.2 Å². The molecule has 1 aromatic heterocycles.